The van der Waals surface area contributed by atoms with Crippen molar-refractivity contribution in [2.45, 2.75) is 25.3 Å². The highest BCUT2D eigenvalue weighted by Gasteiger charge is 2.27. The maximum absolute atomic E-state index is 14.5. The molecule has 1 fully saturated rings. The molecule has 0 radical (unpaired) electrons. The maximum Gasteiger partial charge on any atom is 0.259 e. The minimum absolute atomic E-state index is 0.0284. The summed E-state index contributed by atoms with van der Waals surface area (Å²) in [4.78, 5) is 29.7. The molecule has 7 nitrogen and oxygen atoms in total. The monoisotopic (exact) mass is 477 g/mol. The number of benzene rings is 2. The summed E-state index contributed by atoms with van der Waals surface area (Å²) >= 11 is 0. The highest BCUT2D eigenvalue weighted by atomic mass is 19.2. The topological polar surface area (TPSA) is 89.8 Å². The fraction of sp³-hybridized carbons (Fsp3) is 0.160. The molecule has 0 atom stereocenters. The number of carbonyl (C=O) groups is 2. The predicted octanol–water partition coefficient (Wildman–Crippen LogP) is 4.77. The predicted molar refractivity (Wildman–Crippen MR) is 120 cm³/mol. The number of halogens is 3. The fourth-order valence-electron chi connectivity index (χ4n) is 3.67. The molecule has 1 aliphatic rings. The Morgan fingerprint density at radius 1 is 0.971 bits per heavy atom. The summed E-state index contributed by atoms with van der Waals surface area (Å²) in [5.74, 6) is -3.47. The lowest BCUT2D eigenvalue weighted by atomic mass is 10.0. The van der Waals surface area contributed by atoms with Crippen LogP contribution in [-0.2, 0) is 6.42 Å². The number of nitrogens with one attached hydrogen (secondary N) is 1. The Morgan fingerprint density at radius 3 is 2.54 bits per heavy atom. The molecule has 5 rings (SSSR count). The lowest BCUT2D eigenvalue weighted by Gasteiger charge is -2.09. The zero-order valence-corrected chi connectivity index (χ0v) is 18.2. The molecule has 0 aliphatic heterocycles. The van der Waals surface area contributed by atoms with E-state index >= 15 is 0 Å². The quantitative estimate of drug-likeness (QED) is 0.388. The summed E-state index contributed by atoms with van der Waals surface area (Å²) in [5, 5.41) is 10.6. The van der Waals surface area contributed by atoms with Gasteiger partial charge in [-0.2, -0.15) is 0 Å². The van der Waals surface area contributed by atoms with E-state index in [1.165, 1.54) is 18.2 Å². The van der Waals surface area contributed by atoms with Crippen LogP contribution in [0.3, 0.4) is 0 Å². The van der Waals surface area contributed by atoms with E-state index < -0.39 is 29.1 Å². The highest BCUT2D eigenvalue weighted by Crippen LogP contribution is 2.37. The minimum atomic E-state index is -1.14. The average Bonchev–Trinajstić information content (AvgIpc) is 3.58. The van der Waals surface area contributed by atoms with Crippen molar-refractivity contribution in [2.75, 3.05) is 5.32 Å². The molecule has 4 aromatic rings. The van der Waals surface area contributed by atoms with E-state index in [4.69, 9.17) is 0 Å². The Hall–Kier alpha value is -4.34. The van der Waals surface area contributed by atoms with E-state index in [0.29, 0.717) is 23.1 Å². The summed E-state index contributed by atoms with van der Waals surface area (Å²) in [6.07, 6.45) is 3.49. The van der Waals surface area contributed by atoms with Gasteiger partial charge in [-0.15, -0.1) is 10.2 Å². The number of hydrogen-bond acceptors (Lipinski definition) is 5. The van der Waals surface area contributed by atoms with Gasteiger partial charge in [-0.3, -0.25) is 9.59 Å². The number of carbonyl (C=O) groups excluding carboxylic acids is 2. The Bertz CT molecular complexity index is 1450. The number of nitrogens with zero attached hydrogens (tertiary/aromatic N) is 4. The van der Waals surface area contributed by atoms with Gasteiger partial charge >= 0.3 is 0 Å². The molecule has 35 heavy (non-hydrogen) atoms. The van der Waals surface area contributed by atoms with Gasteiger partial charge in [0.15, 0.2) is 23.2 Å². The maximum atomic E-state index is 14.5. The van der Waals surface area contributed by atoms with Gasteiger partial charge in [0.25, 0.3) is 5.91 Å². The molecule has 2 aromatic carbocycles. The van der Waals surface area contributed by atoms with E-state index in [9.17, 15) is 22.8 Å². The first-order chi connectivity index (χ1) is 16.9. The summed E-state index contributed by atoms with van der Waals surface area (Å²) in [6.45, 7) is 0. The SMILES string of the molecule is O=C(Cc1ccc(F)c(C(=O)Nc2cccc(-c3nncn3C3CC3)n2)c1)c1ccc(F)c(F)c1. The van der Waals surface area contributed by atoms with E-state index in [1.807, 2.05) is 4.57 Å². The highest BCUT2D eigenvalue weighted by molar-refractivity contribution is 6.04. The van der Waals surface area contributed by atoms with Gasteiger partial charge in [-0.05, 0) is 60.9 Å². The number of rotatable bonds is 7. The van der Waals surface area contributed by atoms with Crippen LogP contribution in [0.4, 0.5) is 19.0 Å². The fourth-order valence-corrected chi connectivity index (χ4v) is 3.67. The molecule has 1 aliphatic carbocycles. The van der Waals surface area contributed by atoms with Crippen molar-refractivity contribution in [2.24, 2.45) is 0 Å². The van der Waals surface area contributed by atoms with Crippen LogP contribution < -0.4 is 5.32 Å². The van der Waals surface area contributed by atoms with Crippen molar-refractivity contribution in [3.05, 3.63) is 95.1 Å². The molecular formula is C25H18F3N5O2. The van der Waals surface area contributed by atoms with Crippen molar-refractivity contribution in [3.8, 4) is 11.5 Å². The van der Waals surface area contributed by atoms with Crippen molar-refractivity contribution in [3.63, 3.8) is 0 Å². The van der Waals surface area contributed by atoms with E-state index in [-0.39, 0.29) is 23.4 Å². The largest absolute Gasteiger partial charge is 0.309 e. The minimum Gasteiger partial charge on any atom is -0.309 e. The Morgan fingerprint density at radius 2 is 1.77 bits per heavy atom. The van der Waals surface area contributed by atoms with Gasteiger partial charge in [0.1, 0.15) is 23.7 Å². The second kappa shape index (κ2) is 9.13. The molecule has 2 heterocycles. The van der Waals surface area contributed by atoms with Crippen LogP contribution in [0.2, 0.25) is 0 Å². The number of anilines is 1. The second-order valence-electron chi connectivity index (χ2n) is 8.20. The van der Waals surface area contributed by atoms with Crippen molar-refractivity contribution in [1.82, 2.24) is 19.7 Å². The first-order valence-corrected chi connectivity index (χ1v) is 10.8. The Balaban J connectivity index is 1.33. The Kier molecular flexibility index (Phi) is 5.86. The molecule has 0 unspecified atom stereocenters. The summed E-state index contributed by atoms with van der Waals surface area (Å²) in [5.41, 5.74) is 0.539. The van der Waals surface area contributed by atoms with Gasteiger partial charge in [-0.25, -0.2) is 18.2 Å². The van der Waals surface area contributed by atoms with Crippen LogP contribution in [0, 0.1) is 17.5 Å². The molecule has 176 valence electrons. The van der Waals surface area contributed by atoms with Crippen LogP contribution in [-0.4, -0.2) is 31.4 Å². The molecule has 0 spiro atoms. The third-order valence-corrected chi connectivity index (χ3v) is 5.61. The second-order valence-corrected chi connectivity index (χ2v) is 8.20. The third kappa shape index (κ3) is 4.81. The lowest BCUT2D eigenvalue weighted by Crippen LogP contribution is -2.16. The molecule has 0 saturated heterocycles. The number of hydrogen-bond donors (Lipinski definition) is 1. The lowest BCUT2D eigenvalue weighted by molar-refractivity contribution is 0.0987. The first-order valence-electron chi connectivity index (χ1n) is 10.8. The molecule has 1 amide bonds. The van der Waals surface area contributed by atoms with Gasteiger partial charge in [0.05, 0.1) is 5.56 Å². The average molecular weight is 477 g/mol. The molecule has 2 aromatic heterocycles. The number of pyridine rings is 1. The third-order valence-electron chi connectivity index (χ3n) is 5.61. The number of Topliss-reactive ketones (excluding diaryl/α,β-unsaturated/α-hetero) is 1. The van der Waals surface area contributed by atoms with Crippen molar-refractivity contribution < 1.29 is 22.8 Å². The van der Waals surface area contributed by atoms with Crippen LogP contribution in [0.5, 0.6) is 0 Å². The summed E-state index contributed by atoms with van der Waals surface area (Å²) in [6, 6.07) is 11.8. The van der Waals surface area contributed by atoms with Crippen LogP contribution in [0.15, 0.2) is 60.9 Å². The zero-order chi connectivity index (χ0) is 24.5. The van der Waals surface area contributed by atoms with E-state index in [1.54, 1.807) is 24.5 Å². The molecule has 1 N–H and O–H groups in total. The van der Waals surface area contributed by atoms with Crippen LogP contribution in [0.1, 0.15) is 45.2 Å². The van der Waals surface area contributed by atoms with Crippen LogP contribution in [0.25, 0.3) is 11.5 Å². The first kappa shape index (κ1) is 22.5. The zero-order valence-electron chi connectivity index (χ0n) is 18.2. The molecule has 1 saturated carbocycles. The van der Waals surface area contributed by atoms with E-state index in [0.717, 1.165) is 31.0 Å². The number of ketones is 1. The van der Waals surface area contributed by atoms with Gasteiger partial charge in [0, 0.05) is 18.0 Å². The van der Waals surface area contributed by atoms with Gasteiger partial charge < -0.3 is 9.88 Å². The van der Waals surface area contributed by atoms with Crippen LogP contribution >= 0.6 is 0 Å². The van der Waals surface area contributed by atoms with Gasteiger partial charge in [-0.1, -0.05) is 12.1 Å². The van der Waals surface area contributed by atoms with Gasteiger partial charge in [0.2, 0.25) is 0 Å². The smallest absolute Gasteiger partial charge is 0.259 e. The summed E-state index contributed by atoms with van der Waals surface area (Å²) < 4.78 is 43.0. The Labute approximate surface area is 197 Å². The molecular weight excluding hydrogens is 459 g/mol. The summed E-state index contributed by atoms with van der Waals surface area (Å²) in [7, 11) is 0. The number of amides is 1. The normalized spacial score (nSPS) is 13.0. The van der Waals surface area contributed by atoms with E-state index in [2.05, 4.69) is 20.5 Å². The molecule has 0 bridgehead atoms. The van der Waals surface area contributed by atoms with Crippen molar-refractivity contribution in [1.29, 1.82) is 0 Å². The number of aromatic nitrogens is 4. The van der Waals surface area contributed by atoms with Crippen molar-refractivity contribution >= 4 is 17.5 Å². The standard InChI is InChI=1S/C25H18F3N5O2/c26-18-8-4-14(11-22(34)15-5-9-19(27)20(28)12-15)10-17(18)25(35)31-23-3-1-2-21(30-23)24-32-29-13-33(24)16-6-7-16/h1-5,8-10,12-13,16H,6-7,11H2,(H,30,31,35). The molecule has 10 heteroatoms.